The van der Waals surface area contributed by atoms with Gasteiger partial charge in [-0.1, -0.05) is 51.2 Å². The predicted molar refractivity (Wildman–Crippen MR) is 116 cm³/mol. The minimum Gasteiger partial charge on any atom is -0.748 e. The van der Waals surface area contributed by atoms with Gasteiger partial charge in [-0.2, -0.15) is 0 Å². The molecule has 1 aliphatic heterocycles. The number of ketones is 1. The Bertz CT molecular complexity index is 681. The van der Waals surface area contributed by atoms with E-state index in [2.05, 4.69) is 13.0 Å². The Morgan fingerprint density at radius 2 is 1.84 bits per heavy atom. The van der Waals surface area contributed by atoms with Crippen molar-refractivity contribution in [3.05, 3.63) is 12.2 Å². The van der Waals surface area contributed by atoms with E-state index >= 15 is 0 Å². The van der Waals surface area contributed by atoms with Crippen LogP contribution in [0.4, 0.5) is 0 Å². The van der Waals surface area contributed by atoms with Gasteiger partial charge in [0.15, 0.2) is 0 Å². The zero-order chi connectivity index (χ0) is 22.4. The molecule has 1 aliphatic rings. The van der Waals surface area contributed by atoms with Crippen LogP contribution in [0.3, 0.4) is 0 Å². The molecule has 0 saturated carbocycles. The minimum atomic E-state index is -4.54. The number of amidine groups is 1. The predicted octanol–water partition coefficient (Wildman–Crippen LogP) is -1.73. The van der Waals surface area contributed by atoms with Gasteiger partial charge in [0.25, 0.3) is 0 Å². The number of carbonyl (C=O) groups excluding carboxylic acids is 1. The second-order valence-corrected chi connectivity index (χ2v) is 9.30. The van der Waals surface area contributed by atoms with Crippen LogP contribution >= 0.6 is 0 Å². The fourth-order valence-electron chi connectivity index (χ4n) is 3.67. The quantitative estimate of drug-likeness (QED) is 0.0854. The standard InChI is InChI=1S/C21H38N2O6S.Na/c1-2-3-4-5-6-7-8-9-10-11-12-20(26)21-22(15-16-24)13-14-23(21)17-19(25)18-30(27,28)29;/h9-10,19,24-25H,2-8,11-18H2,1H3;/q;+1/b10-9+;. The van der Waals surface area contributed by atoms with Crippen LogP contribution in [-0.2, 0) is 14.9 Å². The summed E-state index contributed by atoms with van der Waals surface area (Å²) in [7, 11) is -4.54. The number of carbonyl (C=O) groups is 1. The first-order chi connectivity index (χ1) is 14.3. The van der Waals surface area contributed by atoms with E-state index in [1.807, 2.05) is 6.08 Å². The third-order valence-electron chi connectivity index (χ3n) is 5.11. The smallest absolute Gasteiger partial charge is 0.748 e. The van der Waals surface area contributed by atoms with Crippen LogP contribution in [0.25, 0.3) is 0 Å². The van der Waals surface area contributed by atoms with Crippen molar-refractivity contribution >= 4 is 21.7 Å². The SMILES string of the molecule is CCCCCCCC/C=C/CCC(=O)C1=[N+](CC(O)CS(=O)(=O)[O-])CCN1CCO.[Na+]. The Labute approximate surface area is 209 Å². The summed E-state index contributed by atoms with van der Waals surface area (Å²) < 4.78 is 34.2. The zero-order valence-electron chi connectivity index (χ0n) is 19.2. The van der Waals surface area contributed by atoms with Crippen LogP contribution in [-0.4, -0.2) is 88.9 Å². The van der Waals surface area contributed by atoms with Gasteiger partial charge in [-0.25, -0.2) is 8.42 Å². The molecular formula is C21H38N2NaO6S+. The Hall–Kier alpha value is -0.290. The van der Waals surface area contributed by atoms with Gasteiger partial charge < -0.3 is 14.8 Å². The molecule has 0 aromatic rings. The van der Waals surface area contributed by atoms with Crippen molar-refractivity contribution < 1.29 is 62.1 Å². The van der Waals surface area contributed by atoms with E-state index < -0.39 is 22.0 Å². The molecule has 0 aliphatic carbocycles. The van der Waals surface area contributed by atoms with Crippen LogP contribution in [0.5, 0.6) is 0 Å². The number of β-amino-alcohol motifs (C(OH)–C–C–N with tert-alkyl or cyclic N) is 2. The molecule has 0 fully saturated rings. The maximum Gasteiger partial charge on any atom is 1.00 e. The molecule has 0 spiro atoms. The van der Waals surface area contributed by atoms with E-state index in [-0.39, 0.29) is 48.5 Å². The Balaban J connectivity index is 0.00000900. The van der Waals surface area contributed by atoms with Crippen LogP contribution in [0.15, 0.2) is 12.2 Å². The molecule has 0 bridgehead atoms. The van der Waals surface area contributed by atoms with E-state index in [9.17, 15) is 28.0 Å². The largest absolute Gasteiger partial charge is 1.00 e. The van der Waals surface area contributed by atoms with E-state index in [1.165, 1.54) is 32.1 Å². The number of hydrogen-bond acceptors (Lipinski definition) is 7. The number of nitrogens with zero attached hydrogens (tertiary/aromatic N) is 2. The van der Waals surface area contributed by atoms with Gasteiger partial charge in [-0.05, 0) is 19.3 Å². The molecule has 8 nitrogen and oxygen atoms in total. The topological polar surface area (TPSA) is 121 Å². The van der Waals surface area contributed by atoms with Crippen LogP contribution in [0, 0.1) is 0 Å². The second-order valence-electron chi connectivity index (χ2n) is 7.85. The Morgan fingerprint density at radius 3 is 2.48 bits per heavy atom. The number of rotatable bonds is 17. The molecule has 174 valence electrons. The van der Waals surface area contributed by atoms with Crippen LogP contribution in [0.1, 0.15) is 64.7 Å². The van der Waals surface area contributed by atoms with Crippen LogP contribution < -0.4 is 29.6 Å². The summed E-state index contributed by atoms with van der Waals surface area (Å²) in [5.41, 5.74) is 0. The van der Waals surface area contributed by atoms with E-state index in [4.69, 9.17) is 0 Å². The molecule has 0 amide bonds. The average Bonchev–Trinajstić information content (AvgIpc) is 3.04. The van der Waals surface area contributed by atoms with Crippen molar-refractivity contribution in [1.29, 1.82) is 0 Å². The van der Waals surface area contributed by atoms with Crippen molar-refractivity contribution in [2.75, 3.05) is 38.5 Å². The van der Waals surface area contributed by atoms with Gasteiger partial charge in [0.2, 0.25) is 5.78 Å². The first-order valence-electron chi connectivity index (χ1n) is 11.1. The maximum atomic E-state index is 12.7. The molecule has 1 heterocycles. The normalized spacial score (nSPS) is 15.5. The zero-order valence-corrected chi connectivity index (χ0v) is 22.0. The first-order valence-corrected chi connectivity index (χ1v) is 12.6. The maximum absolute atomic E-state index is 12.7. The third kappa shape index (κ3) is 13.8. The van der Waals surface area contributed by atoms with E-state index in [1.54, 1.807) is 9.48 Å². The third-order valence-corrected chi connectivity index (χ3v) is 5.91. The summed E-state index contributed by atoms with van der Waals surface area (Å²) in [6.07, 6.45) is 12.2. The fourth-order valence-corrected chi connectivity index (χ4v) is 4.25. The minimum absolute atomic E-state index is 0. The number of unbranched alkanes of at least 4 members (excludes halogenated alkanes) is 6. The monoisotopic (exact) mass is 469 g/mol. The van der Waals surface area contributed by atoms with E-state index in [0.29, 0.717) is 38.3 Å². The number of allylic oxidation sites excluding steroid dienone is 2. The van der Waals surface area contributed by atoms with Gasteiger partial charge in [-0.3, -0.25) is 14.3 Å². The van der Waals surface area contributed by atoms with Gasteiger partial charge >= 0.3 is 35.4 Å². The molecule has 31 heavy (non-hydrogen) atoms. The molecule has 0 radical (unpaired) electrons. The molecule has 1 unspecified atom stereocenters. The van der Waals surface area contributed by atoms with Crippen molar-refractivity contribution in [3.8, 4) is 0 Å². The van der Waals surface area contributed by atoms with Crippen molar-refractivity contribution in [1.82, 2.24) is 4.90 Å². The molecule has 1 atom stereocenters. The van der Waals surface area contributed by atoms with Gasteiger partial charge in [-0.15, -0.1) is 0 Å². The molecule has 2 N–H and O–H groups in total. The summed E-state index contributed by atoms with van der Waals surface area (Å²) in [6.45, 7) is 3.23. The summed E-state index contributed by atoms with van der Waals surface area (Å²) in [5, 5.41) is 19.1. The molecule has 0 aromatic heterocycles. The Morgan fingerprint density at radius 1 is 1.19 bits per heavy atom. The molecular weight excluding hydrogens is 431 g/mol. The average molecular weight is 470 g/mol. The molecule has 1 rings (SSSR count). The van der Waals surface area contributed by atoms with Gasteiger partial charge in [0.05, 0.1) is 22.5 Å². The number of aliphatic hydroxyl groups is 2. The van der Waals surface area contributed by atoms with E-state index in [0.717, 1.165) is 12.8 Å². The molecule has 0 aromatic carbocycles. The molecule has 0 saturated heterocycles. The molecule has 10 heteroatoms. The summed E-state index contributed by atoms with van der Waals surface area (Å²) >= 11 is 0. The van der Waals surface area contributed by atoms with Gasteiger partial charge in [0, 0.05) is 6.42 Å². The summed E-state index contributed by atoms with van der Waals surface area (Å²) in [5.74, 6) is -0.607. The van der Waals surface area contributed by atoms with Crippen molar-refractivity contribution in [2.45, 2.75) is 70.8 Å². The summed E-state index contributed by atoms with van der Waals surface area (Å²) in [6, 6.07) is 0. The summed E-state index contributed by atoms with van der Waals surface area (Å²) in [4.78, 5) is 14.5. The number of Topliss-reactive ketones (excluding diaryl/α,β-unsaturated/α-hetero) is 1. The first kappa shape index (κ1) is 30.7. The fraction of sp³-hybridized carbons (Fsp3) is 0.810. The van der Waals surface area contributed by atoms with Gasteiger partial charge in [0.1, 0.15) is 32.3 Å². The number of hydrogen-bond donors (Lipinski definition) is 2. The Kier molecular flexibility index (Phi) is 17.1. The van der Waals surface area contributed by atoms with Crippen molar-refractivity contribution in [2.24, 2.45) is 0 Å². The second kappa shape index (κ2) is 17.2. The van der Waals surface area contributed by atoms with Crippen molar-refractivity contribution in [3.63, 3.8) is 0 Å². The number of aliphatic hydroxyl groups excluding tert-OH is 2. The van der Waals surface area contributed by atoms with Crippen LogP contribution in [0.2, 0.25) is 0 Å².